The van der Waals surface area contributed by atoms with Crippen LogP contribution in [0, 0.1) is 36.5 Å². The van der Waals surface area contributed by atoms with Crippen LogP contribution in [0.5, 0.6) is 0 Å². The number of hydrogen-bond acceptors (Lipinski definition) is 5. The van der Waals surface area contributed by atoms with Gasteiger partial charge in [-0.3, -0.25) is 9.69 Å². The van der Waals surface area contributed by atoms with E-state index in [0.717, 1.165) is 0 Å². The fourth-order valence-electron chi connectivity index (χ4n) is 2.64. The summed E-state index contributed by atoms with van der Waals surface area (Å²) in [6, 6.07) is -1.65. The van der Waals surface area contributed by atoms with Gasteiger partial charge in [0, 0.05) is 14.1 Å². The molecule has 0 fully saturated rings. The summed E-state index contributed by atoms with van der Waals surface area (Å²) < 4.78 is 9.88. The van der Waals surface area contributed by atoms with E-state index >= 15 is 0 Å². The molecule has 0 saturated carbocycles. The molecule has 0 spiro atoms. The van der Waals surface area contributed by atoms with Crippen LogP contribution in [0.15, 0.2) is 0 Å². The summed E-state index contributed by atoms with van der Waals surface area (Å²) in [6.07, 6.45) is 9.48. The number of rotatable bonds is 8. The first-order valence-electron chi connectivity index (χ1n) is 8.29. The Bertz CT molecular complexity index is 586. The molecule has 0 bridgehead atoms. The highest BCUT2D eigenvalue weighted by Crippen LogP contribution is 2.18. The molecule has 0 aliphatic rings. The molecule has 0 rings (SSSR count). The molecule has 26 heavy (non-hydrogen) atoms. The molecule has 144 valence electrons. The summed E-state index contributed by atoms with van der Waals surface area (Å²) >= 11 is 0. The Hall–Kier alpha value is -2.67. The minimum Gasteiger partial charge on any atom is -0.451 e. The Morgan fingerprint density at radius 1 is 0.846 bits per heavy atom. The van der Waals surface area contributed by atoms with Crippen molar-refractivity contribution in [3.8, 4) is 24.7 Å². The van der Waals surface area contributed by atoms with Crippen LogP contribution in [-0.4, -0.2) is 67.2 Å². The van der Waals surface area contributed by atoms with Crippen LogP contribution in [0.2, 0.25) is 0 Å². The number of ether oxygens (including phenoxy) is 2. The molecule has 0 aromatic heterocycles. The van der Waals surface area contributed by atoms with Gasteiger partial charge in [-0.25, -0.2) is 9.59 Å². The van der Waals surface area contributed by atoms with Gasteiger partial charge in [-0.05, 0) is 11.8 Å². The average molecular weight is 364 g/mol. The van der Waals surface area contributed by atoms with Gasteiger partial charge >= 0.3 is 12.1 Å². The number of amides is 2. The largest absolute Gasteiger partial charge is 0.451 e. The van der Waals surface area contributed by atoms with Crippen molar-refractivity contribution in [2.45, 2.75) is 39.8 Å². The van der Waals surface area contributed by atoms with E-state index in [1.807, 2.05) is 0 Å². The van der Waals surface area contributed by atoms with Crippen molar-refractivity contribution in [3.63, 3.8) is 0 Å². The minimum atomic E-state index is -0.827. The first-order valence-corrected chi connectivity index (χ1v) is 8.29. The predicted molar refractivity (Wildman–Crippen MR) is 97.8 cm³/mol. The van der Waals surface area contributed by atoms with Crippen LogP contribution in [0.3, 0.4) is 0 Å². The Morgan fingerprint density at radius 3 is 1.73 bits per heavy atom. The maximum atomic E-state index is 13.0. The maximum Gasteiger partial charge on any atom is 0.411 e. The molecule has 0 radical (unpaired) electrons. The van der Waals surface area contributed by atoms with Crippen molar-refractivity contribution >= 4 is 18.0 Å². The molecule has 2 unspecified atom stereocenters. The molecular formula is C19H28N2O5. The number of likely N-dealkylation sites (N-methyl/N-ethyl adjacent to an activating group) is 2. The topological polar surface area (TPSA) is 76.2 Å². The summed E-state index contributed by atoms with van der Waals surface area (Å²) in [6.45, 7) is 6.81. The summed E-state index contributed by atoms with van der Waals surface area (Å²) in [4.78, 5) is 39.9. The number of carbonyl (C=O) groups excluding carboxylic acids is 3. The number of nitrogens with zero attached hydrogens (tertiary/aromatic N) is 2. The van der Waals surface area contributed by atoms with Gasteiger partial charge in [0.05, 0.1) is 0 Å². The van der Waals surface area contributed by atoms with Crippen LogP contribution < -0.4 is 0 Å². The van der Waals surface area contributed by atoms with Gasteiger partial charge in [0.2, 0.25) is 5.91 Å². The van der Waals surface area contributed by atoms with Crippen molar-refractivity contribution < 1.29 is 23.9 Å². The zero-order valence-electron chi connectivity index (χ0n) is 16.3. The third-order valence-electron chi connectivity index (χ3n) is 3.80. The molecule has 0 heterocycles. The second-order valence-corrected chi connectivity index (χ2v) is 6.51. The van der Waals surface area contributed by atoms with Crippen molar-refractivity contribution in [1.29, 1.82) is 0 Å². The molecule has 0 aromatic rings. The first-order chi connectivity index (χ1) is 12.1. The fraction of sp³-hybridized carbons (Fsp3) is 0.632. The van der Waals surface area contributed by atoms with E-state index < -0.39 is 30.1 Å². The van der Waals surface area contributed by atoms with Crippen molar-refractivity contribution in [1.82, 2.24) is 9.80 Å². The molecule has 2 amide bonds. The quantitative estimate of drug-likeness (QED) is 0.480. The SMILES string of the molecule is C#CCOC(=O)C(C(C)C)N(C)C(=O)C(C(C)C)N(C)C(=O)OCC#C. The Kier molecular flexibility index (Phi) is 9.91. The predicted octanol–water partition coefficient (Wildman–Crippen LogP) is 1.37. The standard InChI is InChI=1S/C19H28N2O5/c1-9-11-25-18(23)16(14(5)6)20(7)17(22)15(13(3)4)21(8)19(24)26-12-10-2/h1-2,13-16H,11-12H2,3-8H3. The smallest absolute Gasteiger partial charge is 0.411 e. The summed E-state index contributed by atoms with van der Waals surface area (Å²) in [5.41, 5.74) is 0. The second-order valence-electron chi connectivity index (χ2n) is 6.51. The lowest BCUT2D eigenvalue weighted by molar-refractivity contribution is -0.157. The second kappa shape index (κ2) is 11.0. The van der Waals surface area contributed by atoms with E-state index in [0.29, 0.717) is 0 Å². The monoisotopic (exact) mass is 364 g/mol. The molecule has 0 aromatic carbocycles. The zero-order chi connectivity index (χ0) is 20.4. The minimum absolute atomic E-state index is 0.171. The number of hydrogen-bond donors (Lipinski definition) is 0. The van der Waals surface area contributed by atoms with Crippen molar-refractivity contribution in [2.24, 2.45) is 11.8 Å². The van der Waals surface area contributed by atoms with Gasteiger partial charge in [-0.1, -0.05) is 39.5 Å². The van der Waals surface area contributed by atoms with E-state index in [1.54, 1.807) is 27.7 Å². The lowest BCUT2D eigenvalue weighted by Gasteiger charge is -2.36. The van der Waals surface area contributed by atoms with Crippen LogP contribution in [0.1, 0.15) is 27.7 Å². The number of carbonyl (C=O) groups is 3. The summed E-state index contributed by atoms with van der Waals surface area (Å²) in [7, 11) is 2.95. The van der Waals surface area contributed by atoms with Crippen LogP contribution in [0.25, 0.3) is 0 Å². The van der Waals surface area contributed by atoms with E-state index in [4.69, 9.17) is 22.3 Å². The van der Waals surface area contributed by atoms with Crippen LogP contribution >= 0.6 is 0 Å². The summed E-state index contributed by atoms with van der Waals surface area (Å²) in [5, 5.41) is 0. The molecule has 0 aliphatic heterocycles. The first kappa shape index (κ1) is 23.3. The normalized spacial score (nSPS) is 12.5. The van der Waals surface area contributed by atoms with Crippen LogP contribution in [-0.2, 0) is 19.1 Å². The highest BCUT2D eigenvalue weighted by atomic mass is 16.6. The van der Waals surface area contributed by atoms with Gasteiger partial charge in [-0.2, -0.15) is 0 Å². The lowest BCUT2D eigenvalue weighted by atomic mass is 9.98. The van der Waals surface area contributed by atoms with Crippen molar-refractivity contribution in [3.05, 3.63) is 0 Å². The Morgan fingerprint density at radius 2 is 1.31 bits per heavy atom. The highest BCUT2D eigenvalue weighted by Gasteiger charge is 2.38. The summed E-state index contributed by atoms with van der Waals surface area (Å²) in [5.74, 6) is 3.00. The fourth-order valence-corrected chi connectivity index (χ4v) is 2.64. The molecule has 0 aliphatic carbocycles. The molecular weight excluding hydrogens is 336 g/mol. The van der Waals surface area contributed by atoms with E-state index in [9.17, 15) is 14.4 Å². The molecule has 2 atom stereocenters. The third kappa shape index (κ3) is 6.33. The number of esters is 1. The maximum absolute atomic E-state index is 13.0. The third-order valence-corrected chi connectivity index (χ3v) is 3.80. The van der Waals surface area contributed by atoms with E-state index in [-0.39, 0.29) is 25.0 Å². The van der Waals surface area contributed by atoms with Gasteiger partial charge in [0.15, 0.2) is 13.2 Å². The van der Waals surface area contributed by atoms with Gasteiger partial charge < -0.3 is 14.4 Å². The van der Waals surface area contributed by atoms with Crippen LogP contribution in [0.4, 0.5) is 4.79 Å². The van der Waals surface area contributed by atoms with Crippen molar-refractivity contribution in [2.75, 3.05) is 27.3 Å². The zero-order valence-corrected chi connectivity index (χ0v) is 16.3. The van der Waals surface area contributed by atoms with Gasteiger partial charge in [0.1, 0.15) is 12.1 Å². The highest BCUT2D eigenvalue weighted by molar-refractivity contribution is 5.89. The van der Waals surface area contributed by atoms with E-state index in [2.05, 4.69) is 11.8 Å². The van der Waals surface area contributed by atoms with Gasteiger partial charge in [-0.15, -0.1) is 12.8 Å². The Labute approximate surface area is 156 Å². The molecule has 0 saturated heterocycles. The lowest BCUT2D eigenvalue weighted by Crippen LogP contribution is -2.56. The molecule has 7 nitrogen and oxygen atoms in total. The molecule has 0 N–H and O–H groups in total. The molecule has 7 heteroatoms. The van der Waals surface area contributed by atoms with E-state index in [1.165, 1.54) is 23.9 Å². The Balaban J connectivity index is 5.48. The average Bonchev–Trinajstić information content (AvgIpc) is 2.56. The number of terminal acetylenes is 2. The van der Waals surface area contributed by atoms with Gasteiger partial charge in [0.25, 0.3) is 0 Å².